The lowest BCUT2D eigenvalue weighted by molar-refractivity contribution is 0.807. The molecule has 4 rings (SSSR count). The Labute approximate surface area is 138 Å². The molecular formula is C18H14N6. The zero-order valence-corrected chi connectivity index (χ0v) is 12.8. The van der Waals surface area contributed by atoms with E-state index in [0.29, 0.717) is 17.8 Å². The highest BCUT2D eigenvalue weighted by Crippen LogP contribution is 2.28. The van der Waals surface area contributed by atoms with Gasteiger partial charge in [0.25, 0.3) is 0 Å². The minimum atomic E-state index is 0.219. The number of rotatable bonds is 3. The lowest BCUT2D eigenvalue weighted by Gasteiger charge is -2.06. The number of aromatic nitrogens is 4. The summed E-state index contributed by atoms with van der Waals surface area (Å²) < 4.78 is 2.13. The molecule has 3 N–H and O–H groups in total. The van der Waals surface area contributed by atoms with Crippen LogP contribution in [-0.4, -0.2) is 19.7 Å². The zero-order valence-electron chi connectivity index (χ0n) is 12.8. The molecule has 6 nitrogen and oxygen atoms in total. The molecule has 6 heteroatoms. The number of aromatic amines is 1. The first-order valence-electron chi connectivity index (χ1n) is 7.49. The fourth-order valence-corrected chi connectivity index (χ4v) is 2.82. The molecule has 0 saturated heterocycles. The van der Waals surface area contributed by atoms with Crippen LogP contribution in [0.5, 0.6) is 0 Å². The van der Waals surface area contributed by atoms with Crippen LogP contribution < -0.4 is 5.73 Å². The number of hydrogen-bond acceptors (Lipinski definition) is 4. The molecule has 24 heavy (non-hydrogen) atoms. The first-order chi connectivity index (χ1) is 11.8. The number of nitrogens with two attached hydrogens (primary N) is 1. The van der Waals surface area contributed by atoms with E-state index in [1.807, 2.05) is 42.6 Å². The van der Waals surface area contributed by atoms with Gasteiger partial charge in [-0.25, -0.2) is 0 Å². The molecule has 0 fully saturated rings. The molecule has 0 unspecified atom stereocenters. The van der Waals surface area contributed by atoms with Gasteiger partial charge in [0.05, 0.1) is 17.9 Å². The Balaban J connectivity index is 1.80. The van der Waals surface area contributed by atoms with Crippen molar-refractivity contribution in [3.63, 3.8) is 0 Å². The number of nitrogens with one attached hydrogen (secondary N) is 1. The van der Waals surface area contributed by atoms with Crippen LogP contribution >= 0.6 is 0 Å². The lowest BCUT2D eigenvalue weighted by atomic mass is 10.1. The van der Waals surface area contributed by atoms with E-state index in [1.54, 1.807) is 6.20 Å². The van der Waals surface area contributed by atoms with E-state index < -0.39 is 0 Å². The maximum atomic E-state index is 9.27. The molecule has 0 aliphatic heterocycles. The van der Waals surface area contributed by atoms with E-state index in [1.165, 1.54) is 0 Å². The molecule has 0 radical (unpaired) electrons. The molecule has 0 spiro atoms. The summed E-state index contributed by atoms with van der Waals surface area (Å²) in [6, 6.07) is 16.1. The van der Waals surface area contributed by atoms with Crippen LogP contribution in [0.1, 0.15) is 11.3 Å². The van der Waals surface area contributed by atoms with Crippen molar-refractivity contribution in [3.8, 4) is 17.3 Å². The van der Waals surface area contributed by atoms with Crippen LogP contribution in [-0.2, 0) is 6.54 Å². The van der Waals surface area contributed by atoms with Crippen molar-refractivity contribution in [2.75, 3.05) is 5.73 Å². The summed E-state index contributed by atoms with van der Waals surface area (Å²) in [6.07, 6.45) is 3.83. The van der Waals surface area contributed by atoms with E-state index in [-0.39, 0.29) is 5.82 Å². The third-order valence-corrected chi connectivity index (χ3v) is 4.03. The fraction of sp³-hybridized carbons (Fsp3) is 0.0556. The summed E-state index contributed by atoms with van der Waals surface area (Å²) in [5, 5.41) is 17.2. The number of nitrogens with zero attached hydrogens (tertiary/aromatic N) is 4. The van der Waals surface area contributed by atoms with Gasteiger partial charge >= 0.3 is 0 Å². The van der Waals surface area contributed by atoms with Gasteiger partial charge in [0.1, 0.15) is 11.6 Å². The van der Waals surface area contributed by atoms with Crippen LogP contribution in [0.3, 0.4) is 0 Å². The first-order valence-corrected chi connectivity index (χ1v) is 7.49. The van der Waals surface area contributed by atoms with Gasteiger partial charge in [-0.1, -0.05) is 18.2 Å². The van der Waals surface area contributed by atoms with E-state index in [4.69, 9.17) is 5.73 Å². The van der Waals surface area contributed by atoms with Crippen molar-refractivity contribution >= 4 is 16.7 Å². The van der Waals surface area contributed by atoms with Crippen molar-refractivity contribution in [1.82, 2.24) is 19.7 Å². The van der Waals surface area contributed by atoms with E-state index >= 15 is 0 Å². The van der Waals surface area contributed by atoms with Gasteiger partial charge in [-0.3, -0.25) is 10.1 Å². The Hall–Kier alpha value is -3.59. The van der Waals surface area contributed by atoms with E-state index in [9.17, 15) is 5.26 Å². The molecule has 0 amide bonds. The van der Waals surface area contributed by atoms with Gasteiger partial charge < -0.3 is 10.3 Å². The van der Waals surface area contributed by atoms with Crippen LogP contribution in [0.4, 0.5) is 5.82 Å². The Kier molecular flexibility index (Phi) is 3.25. The molecule has 116 valence electrons. The SMILES string of the molecule is N#Cc1c(N)n[nH]c1-c1ccc2ccn(Cc3ccccn3)c2c1. The van der Waals surface area contributed by atoms with Crippen LogP contribution in [0, 0.1) is 11.3 Å². The van der Waals surface area contributed by atoms with Crippen molar-refractivity contribution in [1.29, 1.82) is 5.26 Å². The summed E-state index contributed by atoms with van der Waals surface area (Å²) in [5.74, 6) is 0.219. The summed E-state index contributed by atoms with van der Waals surface area (Å²) in [5.41, 5.74) is 9.68. The first kappa shape index (κ1) is 14.0. The average molecular weight is 314 g/mol. The van der Waals surface area contributed by atoms with Crippen LogP contribution in [0.15, 0.2) is 54.9 Å². The topological polar surface area (TPSA) is 96.3 Å². The minimum absolute atomic E-state index is 0.219. The van der Waals surface area contributed by atoms with Crippen molar-refractivity contribution in [3.05, 3.63) is 66.1 Å². The summed E-state index contributed by atoms with van der Waals surface area (Å²) in [7, 11) is 0. The number of anilines is 1. The molecule has 4 aromatic rings. The van der Waals surface area contributed by atoms with Gasteiger partial charge in [0.15, 0.2) is 5.82 Å². The highest BCUT2D eigenvalue weighted by molar-refractivity contribution is 5.86. The van der Waals surface area contributed by atoms with Gasteiger partial charge in [-0.05, 0) is 29.7 Å². The molecule has 3 aromatic heterocycles. The number of fused-ring (bicyclic) bond motifs is 1. The minimum Gasteiger partial charge on any atom is -0.381 e. The second-order valence-corrected chi connectivity index (χ2v) is 5.51. The number of pyridine rings is 1. The van der Waals surface area contributed by atoms with Crippen LogP contribution in [0.25, 0.3) is 22.2 Å². The van der Waals surface area contributed by atoms with Gasteiger partial charge in [0.2, 0.25) is 0 Å². The smallest absolute Gasteiger partial charge is 0.163 e. The maximum Gasteiger partial charge on any atom is 0.163 e. The third kappa shape index (κ3) is 2.29. The third-order valence-electron chi connectivity index (χ3n) is 4.03. The second kappa shape index (κ2) is 5.56. The maximum absolute atomic E-state index is 9.27. The van der Waals surface area contributed by atoms with Crippen molar-refractivity contribution in [2.45, 2.75) is 6.54 Å². The predicted molar refractivity (Wildman–Crippen MR) is 92.0 cm³/mol. The highest BCUT2D eigenvalue weighted by Gasteiger charge is 2.13. The number of nitriles is 1. The largest absolute Gasteiger partial charge is 0.381 e. The van der Waals surface area contributed by atoms with E-state index in [2.05, 4.69) is 31.9 Å². The molecule has 0 bridgehead atoms. The predicted octanol–water partition coefficient (Wildman–Crippen LogP) is 2.93. The molecule has 0 aliphatic rings. The Morgan fingerprint density at radius 3 is 2.92 bits per heavy atom. The molecular weight excluding hydrogens is 300 g/mol. The lowest BCUT2D eigenvalue weighted by Crippen LogP contribution is -1.99. The monoisotopic (exact) mass is 314 g/mol. The van der Waals surface area contributed by atoms with Gasteiger partial charge in [-0.15, -0.1) is 0 Å². The van der Waals surface area contributed by atoms with E-state index in [0.717, 1.165) is 22.2 Å². The number of H-pyrrole nitrogens is 1. The number of benzene rings is 1. The Morgan fingerprint density at radius 2 is 2.12 bits per heavy atom. The number of hydrogen-bond donors (Lipinski definition) is 2. The van der Waals surface area contributed by atoms with Crippen molar-refractivity contribution < 1.29 is 0 Å². The number of nitrogen functional groups attached to an aromatic ring is 1. The summed E-state index contributed by atoms with van der Waals surface area (Å²) >= 11 is 0. The standard InChI is InChI=1S/C18H14N6/c19-10-15-17(22-23-18(15)20)13-5-4-12-6-8-24(16(12)9-13)11-14-3-1-2-7-21-14/h1-9H,11H2,(H3,20,22,23). The Bertz CT molecular complexity index is 1050. The summed E-state index contributed by atoms with van der Waals surface area (Å²) in [6.45, 7) is 0.685. The second-order valence-electron chi connectivity index (χ2n) is 5.51. The summed E-state index contributed by atoms with van der Waals surface area (Å²) in [4.78, 5) is 4.38. The average Bonchev–Trinajstić information content (AvgIpc) is 3.19. The molecule has 1 aromatic carbocycles. The Morgan fingerprint density at radius 1 is 1.21 bits per heavy atom. The highest BCUT2D eigenvalue weighted by atomic mass is 15.2. The fourth-order valence-electron chi connectivity index (χ4n) is 2.82. The molecule has 0 aliphatic carbocycles. The normalized spacial score (nSPS) is 10.8. The molecule has 0 saturated carbocycles. The van der Waals surface area contributed by atoms with Gasteiger partial charge in [-0.2, -0.15) is 10.4 Å². The zero-order chi connectivity index (χ0) is 16.5. The molecule has 0 atom stereocenters. The van der Waals surface area contributed by atoms with Crippen molar-refractivity contribution in [2.24, 2.45) is 0 Å². The van der Waals surface area contributed by atoms with Crippen LogP contribution in [0.2, 0.25) is 0 Å². The quantitative estimate of drug-likeness (QED) is 0.607. The van der Waals surface area contributed by atoms with Gasteiger partial charge in [0, 0.05) is 23.5 Å². The molecule has 3 heterocycles.